The highest BCUT2D eigenvalue weighted by Crippen LogP contribution is 2.41. The van der Waals surface area contributed by atoms with Crippen LogP contribution in [0.5, 0.6) is 0 Å². The molecule has 6 heteroatoms. The number of ether oxygens (including phenoxy) is 4. The molecular weight excluding hydrogens is 472 g/mol. The molecule has 1 fully saturated rings. The summed E-state index contributed by atoms with van der Waals surface area (Å²) >= 11 is 1.37. The topological polar surface area (TPSA) is 57.2 Å². The monoisotopic (exact) mass is 498 g/mol. The van der Waals surface area contributed by atoms with E-state index < -0.39 is 24.6 Å². The lowest BCUT2D eigenvalue weighted by Gasteiger charge is -2.43. The fourth-order valence-corrected chi connectivity index (χ4v) is 5.43. The van der Waals surface area contributed by atoms with Crippen molar-refractivity contribution in [3.63, 3.8) is 0 Å². The lowest BCUT2D eigenvalue weighted by atomic mass is 10.0. The zero-order valence-electron chi connectivity index (χ0n) is 19.5. The van der Waals surface area contributed by atoms with E-state index in [1.807, 2.05) is 72.8 Å². The highest BCUT2D eigenvalue weighted by molar-refractivity contribution is 8.03. The van der Waals surface area contributed by atoms with Crippen LogP contribution in [0.15, 0.2) is 119 Å². The maximum atomic E-state index is 11.3. The summed E-state index contributed by atoms with van der Waals surface area (Å²) in [7, 11) is 0. The van der Waals surface area contributed by atoms with Crippen LogP contribution >= 0.6 is 11.8 Å². The van der Waals surface area contributed by atoms with Gasteiger partial charge < -0.3 is 24.1 Å². The van der Waals surface area contributed by atoms with Gasteiger partial charge in [-0.15, -0.1) is 0 Å². The van der Waals surface area contributed by atoms with E-state index in [2.05, 4.69) is 30.3 Å². The van der Waals surface area contributed by atoms with Gasteiger partial charge in [0.05, 0.1) is 13.2 Å². The van der Waals surface area contributed by atoms with E-state index in [-0.39, 0.29) is 5.76 Å². The van der Waals surface area contributed by atoms with Gasteiger partial charge in [-0.2, -0.15) is 0 Å². The Kier molecular flexibility index (Phi) is 6.66. The van der Waals surface area contributed by atoms with E-state index in [1.54, 1.807) is 0 Å². The van der Waals surface area contributed by atoms with Crippen molar-refractivity contribution in [3.8, 4) is 0 Å². The predicted octanol–water partition coefficient (Wildman–Crippen LogP) is 6.76. The van der Waals surface area contributed by atoms with E-state index in [1.165, 1.54) is 17.1 Å². The summed E-state index contributed by atoms with van der Waals surface area (Å²) in [6.07, 6.45) is -2.19. The number of aliphatic hydroxyl groups is 1. The van der Waals surface area contributed by atoms with Crippen LogP contribution in [0.2, 0.25) is 0 Å². The molecule has 0 saturated carbocycles. The van der Waals surface area contributed by atoms with Gasteiger partial charge in [-0.25, -0.2) is 0 Å². The van der Waals surface area contributed by atoms with Gasteiger partial charge in [0, 0.05) is 10.5 Å². The van der Waals surface area contributed by atoms with E-state index in [0.717, 1.165) is 21.4 Å². The zero-order chi connectivity index (χ0) is 24.3. The number of hydrogen-bond donors (Lipinski definition) is 1. The number of thioether (sulfide) groups is 1. The normalized spacial score (nSPS) is 23.8. The summed E-state index contributed by atoms with van der Waals surface area (Å²) in [6.45, 7) is 0.651. The summed E-state index contributed by atoms with van der Waals surface area (Å²) in [5, 5.41) is 14.1. The summed E-state index contributed by atoms with van der Waals surface area (Å²) in [4.78, 5) is 0.964. The third-order valence-corrected chi connectivity index (χ3v) is 7.36. The summed E-state index contributed by atoms with van der Waals surface area (Å²) in [6, 6.07) is 34.1. The molecule has 182 valence electrons. The standard InChI is InChI=1S/C30H26O5S/c31-26-28(32-18-20-15-16-21-9-7-8-12-23(21)17-20)27-25(34-30(26)36-24-13-5-2-6-14-24)19-33-29(35-27)22-10-3-1-4-11-22/h1-17,25,27-29,31H,18-19H2/t25?,27-,28?,29?/m0/s1. The van der Waals surface area contributed by atoms with Gasteiger partial charge >= 0.3 is 0 Å². The summed E-state index contributed by atoms with van der Waals surface area (Å²) < 4.78 is 24.9. The molecule has 2 aliphatic rings. The SMILES string of the molecule is OC1=C(Sc2ccccc2)OC2COC(c3ccccc3)O[C@@H]2C1OCc1ccc2ccccc2c1. The fourth-order valence-electron chi connectivity index (χ4n) is 4.53. The molecule has 4 aromatic carbocycles. The Bertz CT molecular complexity index is 1360. The lowest BCUT2D eigenvalue weighted by Crippen LogP contribution is -2.52. The van der Waals surface area contributed by atoms with Crippen molar-refractivity contribution >= 4 is 22.5 Å². The van der Waals surface area contributed by atoms with E-state index in [9.17, 15) is 5.11 Å². The Morgan fingerprint density at radius 3 is 2.36 bits per heavy atom. The minimum absolute atomic E-state index is 0.0413. The van der Waals surface area contributed by atoms with Gasteiger partial charge in [-0.05, 0) is 46.3 Å². The Morgan fingerprint density at radius 2 is 1.56 bits per heavy atom. The van der Waals surface area contributed by atoms with E-state index in [4.69, 9.17) is 18.9 Å². The minimum Gasteiger partial charge on any atom is -0.506 e. The van der Waals surface area contributed by atoms with Gasteiger partial charge in [0.2, 0.25) is 0 Å². The van der Waals surface area contributed by atoms with Crippen molar-refractivity contribution < 1.29 is 24.1 Å². The fraction of sp³-hybridized carbons (Fsp3) is 0.200. The molecule has 6 rings (SSSR count). The van der Waals surface area contributed by atoms with Crippen molar-refractivity contribution in [2.75, 3.05) is 6.61 Å². The minimum atomic E-state index is -0.698. The second kappa shape index (κ2) is 10.4. The molecule has 4 aromatic rings. The maximum absolute atomic E-state index is 11.3. The van der Waals surface area contributed by atoms with Gasteiger partial charge in [-0.1, -0.05) is 84.9 Å². The van der Waals surface area contributed by atoms with Crippen molar-refractivity contribution in [1.29, 1.82) is 0 Å². The average Bonchev–Trinajstić information content (AvgIpc) is 2.94. The van der Waals surface area contributed by atoms with Crippen LogP contribution in [-0.4, -0.2) is 30.0 Å². The van der Waals surface area contributed by atoms with Crippen LogP contribution in [0.3, 0.4) is 0 Å². The molecular formula is C30H26O5S. The van der Waals surface area contributed by atoms with Gasteiger partial charge in [0.1, 0.15) is 12.2 Å². The first kappa shape index (κ1) is 23.1. The van der Waals surface area contributed by atoms with Gasteiger partial charge in [0.15, 0.2) is 23.2 Å². The molecule has 1 saturated heterocycles. The first-order valence-electron chi connectivity index (χ1n) is 12.0. The molecule has 0 aromatic heterocycles. The average molecular weight is 499 g/mol. The van der Waals surface area contributed by atoms with Crippen LogP contribution in [0.1, 0.15) is 17.4 Å². The molecule has 1 N–H and O–H groups in total. The zero-order valence-corrected chi connectivity index (χ0v) is 20.3. The number of fused-ring (bicyclic) bond motifs is 2. The highest BCUT2D eigenvalue weighted by atomic mass is 32.2. The van der Waals surface area contributed by atoms with Crippen LogP contribution in [-0.2, 0) is 25.6 Å². The Hall–Kier alpha value is -3.29. The molecule has 3 unspecified atom stereocenters. The Labute approximate surface area is 214 Å². The van der Waals surface area contributed by atoms with Crippen molar-refractivity contribution in [3.05, 3.63) is 125 Å². The van der Waals surface area contributed by atoms with Crippen molar-refractivity contribution in [1.82, 2.24) is 0 Å². The quantitative estimate of drug-likeness (QED) is 0.317. The lowest BCUT2D eigenvalue weighted by molar-refractivity contribution is -0.287. The molecule has 2 aliphatic heterocycles. The highest BCUT2D eigenvalue weighted by Gasteiger charge is 2.47. The molecule has 0 amide bonds. The third kappa shape index (κ3) is 4.86. The third-order valence-electron chi connectivity index (χ3n) is 6.36. The summed E-state index contributed by atoms with van der Waals surface area (Å²) in [5.74, 6) is 0.0413. The Morgan fingerprint density at radius 1 is 0.833 bits per heavy atom. The smallest absolute Gasteiger partial charge is 0.199 e. The van der Waals surface area contributed by atoms with Crippen molar-refractivity contribution in [2.45, 2.75) is 36.1 Å². The number of rotatable bonds is 6. The van der Waals surface area contributed by atoms with Crippen LogP contribution in [0.4, 0.5) is 0 Å². The van der Waals surface area contributed by atoms with Crippen LogP contribution < -0.4 is 0 Å². The maximum Gasteiger partial charge on any atom is 0.199 e. The molecule has 4 atom stereocenters. The Balaban J connectivity index is 1.28. The van der Waals surface area contributed by atoms with Crippen LogP contribution in [0, 0.1) is 0 Å². The van der Waals surface area contributed by atoms with Crippen molar-refractivity contribution in [2.24, 2.45) is 0 Å². The largest absolute Gasteiger partial charge is 0.506 e. The summed E-state index contributed by atoms with van der Waals surface area (Å²) in [5.41, 5.74) is 1.94. The molecule has 5 nitrogen and oxygen atoms in total. The van der Waals surface area contributed by atoms with Gasteiger partial charge in [0.25, 0.3) is 0 Å². The first-order valence-corrected chi connectivity index (χ1v) is 12.8. The molecule has 0 radical (unpaired) electrons. The molecule has 0 aliphatic carbocycles. The second-order valence-electron chi connectivity index (χ2n) is 8.83. The van der Waals surface area contributed by atoms with E-state index in [0.29, 0.717) is 18.3 Å². The second-order valence-corrected chi connectivity index (χ2v) is 9.88. The van der Waals surface area contributed by atoms with E-state index >= 15 is 0 Å². The van der Waals surface area contributed by atoms with Gasteiger partial charge in [-0.3, -0.25) is 0 Å². The number of benzene rings is 4. The van der Waals surface area contributed by atoms with Crippen LogP contribution in [0.25, 0.3) is 10.8 Å². The molecule has 0 bridgehead atoms. The number of hydrogen-bond acceptors (Lipinski definition) is 6. The first-order chi connectivity index (χ1) is 17.7. The predicted molar refractivity (Wildman–Crippen MR) is 139 cm³/mol. The number of aliphatic hydroxyl groups excluding tert-OH is 1. The molecule has 36 heavy (non-hydrogen) atoms. The molecule has 2 heterocycles. The molecule has 0 spiro atoms.